The molecular formula is C8H6ClF3O3S. The van der Waals surface area contributed by atoms with E-state index in [0.29, 0.717) is 6.07 Å². The van der Waals surface area contributed by atoms with Gasteiger partial charge in [0.25, 0.3) is 9.05 Å². The number of methoxy groups -OCH3 is 1. The summed E-state index contributed by atoms with van der Waals surface area (Å²) in [6.45, 7) is 0. The topological polar surface area (TPSA) is 43.4 Å². The first kappa shape index (κ1) is 13.1. The van der Waals surface area contributed by atoms with E-state index >= 15 is 0 Å². The molecule has 0 N–H and O–H groups in total. The molecule has 8 heteroatoms. The van der Waals surface area contributed by atoms with Gasteiger partial charge in [0.15, 0.2) is 0 Å². The molecule has 0 radical (unpaired) electrons. The monoisotopic (exact) mass is 274 g/mol. The number of halogens is 4. The molecule has 3 nitrogen and oxygen atoms in total. The minimum Gasteiger partial charge on any atom is -0.496 e. The number of hydrogen-bond donors (Lipinski definition) is 0. The van der Waals surface area contributed by atoms with Crippen LogP contribution in [-0.4, -0.2) is 15.5 Å². The first-order chi connectivity index (χ1) is 7.16. The summed E-state index contributed by atoms with van der Waals surface area (Å²) in [5.74, 6) is -0.589. The molecule has 1 aromatic rings. The molecule has 0 saturated heterocycles. The van der Waals surface area contributed by atoms with Crippen LogP contribution in [0.15, 0.2) is 23.1 Å². The van der Waals surface area contributed by atoms with Gasteiger partial charge in [-0.3, -0.25) is 0 Å². The summed E-state index contributed by atoms with van der Waals surface area (Å²) < 4.78 is 63.4. The standard InChI is InChI=1S/C8H6ClF3O3S/c1-15-7-4-5(16(9,13)14)2-3-6(7)8(10,11)12/h2-4H,1H3. The second kappa shape index (κ2) is 4.14. The van der Waals surface area contributed by atoms with E-state index in [1.807, 2.05) is 0 Å². The summed E-state index contributed by atoms with van der Waals surface area (Å²) in [4.78, 5) is -0.445. The van der Waals surface area contributed by atoms with Crippen molar-refractivity contribution in [3.8, 4) is 5.75 Å². The van der Waals surface area contributed by atoms with Gasteiger partial charge in [0, 0.05) is 16.7 Å². The van der Waals surface area contributed by atoms with Crippen LogP contribution in [0.1, 0.15) is 5.56 Å². The van der Waals surface area contributed by atoms with Crippen LogP contribution in [0.2, 0.25) is 0 Å². The fourth-order valence-electron chi connectivity index (χ4n) is 1.06. The van der Waals surface area contributed by atoms with Gasteiger partial charge in [-0.25, -0.2) is 8.42 Å². The molecule has 0 aromatic heterocycles. The van der Waals surface area contributed by atoms with Crippen molar-refractivity contribution in [2.75, 3.05) is 7.11 Å². The van der Waals surface area contributed by atoms with Gasteiger partial charge in [-0.15, -0.1) is 0 Å². The Kier molecular flexibility index (Phi) is 3.39. The van der Waals surface area contributed by atoms with Crippen LogP contribution in [0.3, 0.4) is 0 Å². The largest absolute Gasteiger partial charge is 0.496 e. The Bertz CT molecular complexity index is 496. The summed E-state index contributed by atoms with van der Waals surface area (Å²) in [6.07, 6.45) is -4.61. The van der Waals surface area contributed by atoms with Gasteiger partial charge in [-0.1, -0.05) is 0 Å². The fourth-order valence-corrected chi connectivity index (χ4v) is 1.82. The lowest BCUT2D eigenvalue weighted by Gasteiger charge is -2.12. The van der Waals surface area contributed by atoms with Crippen LogP contribution < -0.4 is 4.74 Å². The zero-order valence-corrected chi connectivity index (χ0v) is 9.45. The molecule has 1 aromatic carbocycles. The molecule has 0 aliphatic carbocycles. The molecule has 0 saturated carbocycles. The molecule has 1 rings (SSSR count). The molecule has 16 heavy (non-hydrogen) atoms. The van der Waals surface area contributed by atoms with Crippen LogP contribution in [0.4, 0.5) is 13.2 Å². The first-order valence-corrected chi connectivity index (χ1v) is 6.17. The summed E-state index contributed by atoms with van der Waals surface area (Å²) in [7, 11) is 1.93. The van der Waals surface area contributed by atoms with E-state index < -0.39 is 31.4 Å². The maximum atomic E-state index is 12.4. The Balaban J connectivity index is 3.40. The van der Waals surface area contributed by atoms with Crippen LogP contribution in [0.25, 0.3) is 0 Å². The Morgan fingerprint density at radius 1 is 1.31 bits per heavy atom. The predicted octanol–water partition coefficient (Wildman–Crippen LogP) is 2.64. The van der Waals surface area contributed by atoms with E-state index in [1.165, 1.54) is 0 Å². The quantitative estimate of drug-likeness (QED) is 0.779. The number of rotatable bonds is 2. The first-order valence-electron chi connectivity index (χ1n) is 3.86. The Morgan fingerprint density at radius 2 is 1.88 bits per heavy atom. The number of ether oxygens (including phenoxy) is 1. The average Bonchev–Trinajstić information content (AvgIpc) is 2.14. The minimum absolute atomic E-state index is 0.445. The van der Waals surface area contributed by atoms with Crippen molar-refractivity contribution in [2.45, 2.75) is 11.1 Å². The Morgan fingerprint density at radius 3 is 2.25 bits per heavy atom. The van der Waals surface area contributed by atoms with Gasteiger partial charge in [-0.2, -0.15) is 13.2 Å². The highest BCUT2D eigenvalue weighted by molar-refractivity contribution is 8.13. The lowest BCUT2D eigenvalue weighted by molar-refractivity contribution is -0.138. The van der Waals surface area contributed by atoms with Gasteiger partial charge >= 0.3 is 6.18 Å². The third-order valence-corrected chi connectivity index (χ3v) is 3.11. The van der Waals surface area contributed by atoms with Crippen molar-refractivity contribution < 1.29 is 26.3 Å². The molecule has 0 aliphatic heterocycles. The van der Waals surface area contributed by atoms with E-state index in [-0.39, 0.29) is 0 Å². The highest BCUT2D eigenvalue weighted by Crippen LogP contribution is 2.37. The van der Waals surface area contributed by atoms with Crippen LogP contribution in [0, 0.1) is 0 Å². The van der Waals surface area contributed by atoms with Gasteiger partial charge in [0.1, 0.15) is 5.75 Å². The molecule has 0 unspecified atom stereocenters. The summed E-state index contributed by atoms with van der Waals surface area (Å²) >= 11 is 0. The van der Waals surface area contributed by atoms with Gasteiger partial charge in [-0.05, 0) is 12.1 Å². The van der Waals surface area contributed by atoms with Crippen molar-refractivity contribution in [3.63, 3.8) is 0 Å². The summed E-state index contributed by atoms with van der Waals surface area (Å²) in [5, 5.41) is 0. The zero-order chi connectivity index (χ0) is 12.6. The molecular weight excluding hydrogens is 269 g/mol. The van der Waals surface area contributed by atoms with E-state index in [4.69, 9.17) is 10.7 Å². The molecule has 0 spiro atoms. The highest BCUT2D eigenvalue weighted by atomic mass is 35.7. The smallest absolute Gasteiger partial charge is 0.419 e. The second-order valence-electron chi connectivity index (χ2n) is 2.80. The Hall–Kier alpha value is -0.950. The highest BCUT2D eigenvalue weighted by Gasteiger charge is 2.34. The fraction of sp³-hybridized carbons (Fsp3) is 0.250. The maximum absolute atomic E-state index is 12.4. The van der Waals surface area contributed by atoms with Crippen LogP contribution in [-0.2, 0) is 15.2 Å². The van der Waals surface area contributed by atoms with Crippen molar-refractivity contribution in [3.05, 3.63) is 23.8 Å². The number of benzene rings is 1. The van der Waals surface area contributed by atoms with Crippen LogP contribution in [0.5, 0.6) is 5.75 Å². The van der Waals surface area contributed by atoms with Crippen LogP contribution >= 0.6 is 10.7 Å². The lowest BCUT2D eigenvalue weighted by Crippen LogP contribution is -2.08. The van der Waals surface area contributed by atoms with Gasteiger partial charge in [0.2, 0.25) is 0 Å². The van der Waals surface area contributed by atoms with Gasteiger partial charge in [0.05, 0.1) is 17.6 Å². The van der Waals surface area contributed by atoms with E-state index in [0.717, 1.165) is 19.2 Å². The third-order valence-electron chi connectivity index (χ3n) is 1.76. The molecule has 0 heterocycles. The van der Waals surface area contributed by atoms with Gasteiger partial charge < -0.3 is 4.74 Å². The van der Waals surface area contributed by atoms with E-state index in [9.17, 15) is 21.6 Å². The molecule has 0 atom stereocenters. The maximum Gasteiger partial charge on any atom is 0.419 e. The van der Waals surface area contributed by atoms with E-state index in [1.54, 1.807) is 0 Å². The average molecular weight is 275 g/mol. The zero-order valence-electron chi connectivity index (χ0n) is 7.88. The Labute approximate surface area is 94.2 Å². The molecule has 0 aliphatic rings. The molecule has 0 amide bonds. The molecule has 90 valence electrons. The molecule has 0 bridgehead atoms. The van der Waals surface area contributed by atoms with Crippen molar-refractivity contribution in [2.24, 2.45) is 0 Å². The summed E-state index contributed by atoms with van der Waals surface area (Å²) in [5.41, 5.74) is -1.06. The molecule has 0 fully saturated rings. The second-order valence-corrected chi connectivity index (χ2v) is 5.36. The van der Waals surface area contributed by atoms with Crippen molar-refractivity contribution >= 4 is 19.7 Å². The SMILES string of the molecule is COc1cc(S(=O)(=O)Cl)ccc1C(F)(F)F. The van der Waals surface area contributed by atoms with Crippen molar-refractivity contribution in [1.29, 1.82) is 0 Å². The normalized spacial score (nSPS) is 12.6. The third kappa shape index (κ3) is 2.79. The predicted molar refractivity (Wildman–Crippen MR) is 51.0 cm³/mol. The lowest BCUT2D eigenvalue weighted by atomic mass is 10.2. The summed E-state index contributed by atoms with van der Waals surface area (Å²) in [6, 6.07) is 2.10. The van der Waals surface area contributed by atoms with Crippen molar-refractivity contribution in [1.82, 2.24) is 0 Å². The minimum atomic E-state index is -4.61. The number of hydrogen-bond acceptors (Lipinski definition) is 3. The van der Waals surface area contributed by atoms with E-state index in [2.05, 4.69) is 4.74 Å². The number of alkyl halides is 3.